The number of nitrogens with zero attached hydrogens (tertiary/aromatic N) is 1. The summed E-state index contributed by atoms with van der Waals surface area (Å²) in [5.41, 5.74) is 1.63. The van der Waals surface area contributed by atoms with Gasteiger partial charge in [0.15, 0.2) is 0 Å². The molecule has 1 fully saturated rings. The van der Waals surface area contributed by atoms with Gasteiger partial charge in [-0.25, -0.2) is 0 Å². The Morgan fingerprint density at radius 1 is 1.23 bits per heavy atom. The average molecular weight is 314 g/mol. The topological polar surface area (TPSA) is 45.3 Å². The third-order valence-corrected chi connectivity index (χ3v) is 4.11. The number of morpholine rings is 1. The van der Waals surface area contributed by atoms with Crippen LogP contribution in [0.5, 0.6) is 0 Å². The van der Waals surface area contributed by atoms with Crippen LogP contribution >= 0.6 is 12.2 Å². The number of amides is 1. The second-order valence-corrected chi connectivity index (χ2v) is 5.88. The largest absolute Gasteiger partial charge is 0.367 e. The first-order valence-electron chi connectivity index (χ1n) is 7.32. The molecular weight excluding hydrogens is 296 g/mol. The van der Waals surface area contributed by atoms with Gasteiger partial charge in [0, 0.05) is 12.7 Å². The zero-order chi connectivity index (χ0) is 15.5. The Bertz CT molecular complexity index is 714. The Labute approximate surface area is 134 Å². The molecule has 5 heteroatoms. The Hall–Kier alpha value is -1.98. The molecule has 0 bridgehead atoms. The number of aromatic nitrogens is 1. The van der Waals surface area contributed by atoms with E-state index in [4.69, 9.17) is 17.0 Å². The van der Waals surface area contributed by atoms with Crippen LogP contribution in [0, 0.1) is 4.64 Å². The van der Waals surface area contributed by atoms with Gasteiger partial charge in [-0.05, 0) is 24.6 Å². The molecule has 0 radical (unpaired) electrons. The predicted octanol–water partition coefficient (Wildman–Crippen LogP) is 3.35. The molecule has 0 saturated carbocycles. The lowest BCUT2D eigenvalue weighted by molar-refractivity contribution is -0.0691. The molecule has 1 saturated heterocycles. The molecule has 22 heavy (non-hydrogen) atoms. The molecule has 2 heterocycles. The summed E-state index contributed by atoms with van der Waals surface area (Å²) in [6.07, 6.45) is 1.62. The molecule has 4 nitrogen and oxygen atoms in total. The van der Waals surface area contributed by atoms with Crippen LogP contribution in [0.2, 0.25) is 0 Å². The van der Waals surface area contributed by atoms with Crippen molar-refractivity contribution in [3.05, 3.63) is 64.4 Å². The smallest absolute Gasteiger partial charge is 0.257 e. The molecule has 1 aromatic heterocycles. The highest BCUT2D eigenvalue weighted by Gasteiger charge is 2.30. The number of nitrogens with one attached hydrogen (secondary N) is 1. The van der Waals surface area contributed by atoms with Gasteiger partial charge in [-0.2, -0.15) is 0 Å². The maximum Gasteiger partial charge on any atom is 0.257 e. The maximum atomic E-state index is 12.7. The van der Waals surface area contributed by atoms with E-state index in [0.29, 0.717) is 23.3 Å². The number of benzene rings is 1. The highest BCUT2D eigenvalue weighted by Crippen LogP contribution is 2.26. The number of H-pyrrole nitrogens is 1. The molecule has 1 amide bonds. The highest BCUT2D eigenvalue weighted by molar-refractivity contribution is 7.71. The van der Waals surface area contributed by atoms with Crippen molar-refractivity contribution in [3.63, 3.8) is 0 Å². The molecule has 0 aliphatic carbocycles. The number of aromatic amines is 1. The lowest BCUT2D eigenvalue weighted by Gasteiger charge is -2.37. The number of rotatable bonds is 2. The number of hydrogen-bond donors (Lipinski definition) is 1. The molecule has 1 aliphatic rings. The number of hydrogen-bond acceptors (Lipinski definition) is 3. The van der Waals surface area contributed by atoms with Crippen LogP contribution in [0.1, 0.15) is 28.9 Å². The van der Waals surface area contributed by atoms with E-state index in [1.54, 1.807) is 18.3 Å². The van der Waals surface area contributed by atoms with Crippen LogP contribution in [0.4, 0.5) is 0 Å². The minimum Gasteiger partial charge on any atom is -0.367 e. The highest BCUT2D eigenvalue weighted by atomic mass is 32.1. The zero-order valence-electron chi connectivity index (χ0n) is 12.4. The van der Waals surface area contributed by atoms with Crippen molar-refractivity contribution >= 4 is 18.1 Å². The first-order valence-corrected chi connectivity index (χ1v) is 7.73. The van der Waals surface area contributed by atoms with Gasteiger partial charge in [0.05, 0.1) is 18.2 Å². The Morgan fingerprint density at radius 3 is 2.73 bits per heavy atom. The number of ether oxygens (including phenoxy) is 1. The molecule has 114 valence electrons. The second kappa shape index (κ2) is 6.42. The van der Waals surface area contributed by atoms with Gasteiger partial charge < -0.3 is 14.6 Å². The van der Waals surface area contributed by atoms with E-state index in [1.807, 2.05) is 42.2 Å². The summed E-state index contributed by atoms with van der Waals surface area (Å²) >= 11 is 5.22. The summed E-state index contributed by atoms with van der Waals surface area (Å²) in [5.74, 6) is -0.0436. The van der Waals surface area contributed by atoms with Crippen molar-refractivity contribution in [1.29, 1.82) is 0 Å². The Kier molecular flexibility index (Phi) is 4.36. The van der Waals surface area contributed by atoms with Gasteiger partial charge in [0.25, 0.3) is 5.91 Å². The number of carbonyl (C=O) groups is 1. The molecule has 1 N–H and O–H groups in total. The monoisotopic (exact) mass is 314 g/mol. The van der Waals surface area contributed by atoms with Gasteiger partial charge in [-0.3, -0.25) is 4.79 Å². The van der Waals surface area contributed by atoms with Crippen molar-refractivity contribution in [2.45, 2.75) is 19.1 Å². The summed E-state index contributed by atoms with van der Waals surface area (Å²) in [6.45, 7) is 3.10. The predicted molar refractivity (Wildman–Crippen MR) is 87.3 cm³/mol. The average Bonchev–Trinajstić information content (AvgIpc) is 2.55. The summed E-state index contributed by atoms with van der Waals surface area (Å²) in [4.78, 5) is 17.5. The normalized spacial score (nSPS) is 21.6. The fraction of sp³-hybridized carbons (Fsp3) is 0.294. The third-order valence-electron chi connectivity index (χ3n) is 3.77. The minimum absolute atomic E-state index is 0.0100. The number of carbonyl (C=O) groups excluding carboxylic acids is 1. The molecule has 2 atom stereocenters. The van der Waals surface area contributed by atoms with E-state index in [1.165, 1.54) is 0 Å². The fourth-order valence-corrected chi connectivity index (χ4v) is 2.95. The van der Waals surface area contributed by atoms with Crippen molar-refractivity contribution < 1.29 is 9.53 Å². The van der Waals surface area contributed by atoms with E-state index in [0.717, 1.165) is 5.56 Å². The van der Waals surface area contributed by atoms with E-state index < -0.39 is 0 Å². The molecule has 2 aromatic rings. The van der Waals surface area contributed by atoms with Crippen LogP contribution in [0.25, 0.3) is 0 Å². The summed E-state index contributed by atoms with van der Waals surface area (Å²) < 4.78 is 6.47. The molecular formula is C17H18N2O2S. The number of pyridine rings is 1. The SMILES string of the molecule is C[C@H]1CN(C(=O)c2ccc[nH]c2=S)C[C@H](c2ccccc2)O1. The van der Waals surface area contributed by atoms with Crippen LogP contribution in [0.15, 0.2) is 48.7 Å². The Morgan fingerprint density at radius 2 is 2.00 bits per heavy atom. The summed E-state index contributed by atoms with van der Waals surface area (Å²) in [6, 6.07) is 13.6. The van der Waals surface area contributed by atoms with Crippen molar-refractivity contribution in [2.24, 2.45) is 0 Å². The summed E-state index contributed by atoms with van der Waals surface area (Å²) in [7, 11) is 0. The van der Waals surface area contributed by atoms with Crippen molar-refractivity contribution in [2.75, 3.05) is 13.1 Å². The van der Waals surface area contributed by atoms with Crippen LogP contribution in [0.3, 0.4) is 0 Å². The molecule has 1 aliphatic heterocycles. The fourth-order valence-electron chi connectivity index (χ4n) is 2.73. The second-order valence-electron chi connectivity index (χ2n) is 5.47. The molecule has 3 rings (SSSR count). The first kappa shape index (κ1) is 14.9. The van der Waals surface area contributed by atoms with Gasteiger partial charge in [0.2, 0.25) is 0 Å². The zero-order valence-corrected chi connectivity index (χ0v) is 13.2. The van der Waals surface area contributed by atoms with Crippen molar-refractivity contribution in [1.82, 2.24) is 9.88 Å². The van der Waals surface area contributed by atoms with Crippen LogP contribution in [-0.4, -0.2) is 35.0 Å². The molecule has 0 spiro atoms. The standard InChI is InChI=1S/C17H18N2O2S/c1-12-10-19(17(20)14-8-5-9-18-16(14)22)11-15(21-12)13-6-3-2-4-7-13/h2-9,12,15H,10-11H2,1H3,(H,18,22)/t12-,15+/m0/s1. The van der Waals surface area contributed by atoms with E-state index in [-0.39, 0.29) is 18.1 Å². The van der Waals surface area contributed by atoms with E-state index in [9.17, 15) is 4.79 Å². The minimum atomic E-state index is -0.102. The lowest BCUT2D eigenvalue weighted by Crippen LogP contribution is -2.46. The first-order chi connectivity index (χ1) is 10.6. The maximum absolute atomic E-state index is 12.7. The quantitative estimate of drug-likeness (QED) is 0.865. The lowest BCUT2D eigenvalue weighted by atomic mass is 10.1. The van der Waals surface area contributed by atoms with Crippen LogP contribution in [-0.2, 0) is 4.74 Å². The van der Waals surface area contributed by atoms with Crippen molar-refractivity contribution in [3.8, 4) is 0 Å². The van der Waals surface area contributed by atoms with Gasteiger partial charge in [-0.15, -0.1) is 0 Å². The third kappa shape index (κ3) is 3.10. The Balaban J connectivity index is 1.84. The van der Waals surface area contributed by atoms with E-state index >= 15 is 0 Å². The van der Waals surface area contributed by atoms with Gasteiger partial charge in [0.1, 0.15) is 10.7 Å². The van der Waals surface area contributed by atoms with Gasteiger partial charge in [-0.1, -0.05) is 42.5 Å². The van der Waals surface area contributed by atoms with Crippen LogP contribution < -0.4 is 0 Å². The molecule has 0 unspecified atom stereocenters. The molecule has 1 aromatic carbocycles. The van der Waals surface area contributed by atoms with E-state index in [2.05, 4.69) is 4.98 Å². The summed E-state index contributed by atoms with van der Waals surface area (Å²) in [5, 5.41) is 0. The van der Waals surface area contributed by atoms with Gasteiger partial charge >= 0.3 is 0 Å².